The zero-order chi connectivity index (χ0) is 17.6. The van der Waals surface area contributed by atoms with Gasteiger partial charge in [-0.3, -0.25) is 0 Å². The fraction of sp³-hybridized carbons (Fsp3) is 0.263. The van der Waals surface area contributed by atoms with Gasteiger partial charge in [-0.15, -0.1) is 0 Å². The van der Waals surface area contributed by atoms with Crippen molar-refractivity contribution in [3.63, 3.8) is 0 Å². The molecule has 1 N–H and O–H groups in total. The molecule has 0 fully saturated rings. The van der Waals surface area contributed by atoms with Crippen LogP contribution in [0.2, 0.25) is 5.02 Å². The highest BCUT2D eigenvalue weighted by Crippen LogP contribution is 2.28. The second-order valence-electron chi connectivity index (χ2n) is 6.49. The van der Waals surface area contributed by atoms with Crippen molar-refractivity contribution < 1.29 is 8.42 Å². The number of hydrogen-bond donors (Lipinski definition) is 1. The molecule has 2 heterocycles. The summed E-state index contributed by atoms with van der Waals surface area (Å²) in [6.07, 6.45) is 1.40. The predicted octanol–water partition coefficient (Wildman–Crippen LogP) is 3.92. The van der Waals surface area contributed by atoms with Crippen LogP contribution in [0.3, 0.4) is 0 Å². The van der Waals surface area contributed by atoms with E-state index < -0.39 is 10.0 Å². The largest absolute Gasteiger partial charge is 0.358 e. The molecule has 0 saturated heterocycles. The Morgan fingerprint density at radius 1 is 1.04 bits per heavy atom. The van der Waals surface area contributed by atoms with E-state index in [4.69, 9.17) is 11.6 Å². The average Bonchev–Trinajstić information content (AvgIpc) is 2.78. The molecule has 25 heavy (non-hydrogen) atoms. The summed E-state index contributed by atoms with van der Waals surface area (Å²) in [5, 5.41) is 1.74. The molecule has 1 aromatic heterocycles. The zero-order valence-electron chi connectivity index (χ0n) is 13.9. The van der Waals surface area contributed by atoms with Gasteiger partial charge in [0.1, 0.15) is 0 Å². The van der Waals surface area contributed by atoms with Crippen LogP contribution >= 0.6 is 11.6 Å². The highest BCUT2D eigenvalue weighted by atomic mass is 35.5. The number of sulfonamides is 1. The minimum Gasteiger partial charge on any atom is -0.358 e. The zero-order valence-corrected chi connectivity index (χ0v) is 15.5. The molecule has 1 aliphatic rings. The number of nitrogens with one attached hydrogen (secondary N) is 1. The number of hydrogen-bond acceptors (Lipinski definition) is 2. The van der Waals surface area contributed by atoms with Crippen LogP contribution in [0.5, 0.6) is 0 Å². The van der Waals surface area contributed by atoms with E-state index in [0.717, 1.165) is 11.2 Å². The molecule has 4 nitrogen and oxygen atoms in total. The normalized spacial score (nSPS) is 15.9. The molecule has 0 saturated carbocycles. The van der Waals surface area contributed by atoms with Crippen LogP contribution < -0.4 is 0 Å². The fourth-order valence-corrected chi connectivity index (χ4v) is 5.06. The van der Waals surface area contributed by atoms with Gasteiger partial charge in [-0.2, -0.15) is 4.31 Å². The predicted molar refractivity (Wildman–Crippen MR) is 101 cm³/mol. The van der Waals surface area contributed by atoms with Gasteiger partial charge < -0.3 is 4.98 Å². The lowest BCUT2D eigenvalue weighted by Crippen LogP contribution is -2.33. The summed E-state index contributed by atoms with van der Waals surface area (Å²) in [6, 6.07) is 12.7. The van der Waals surface area contributed by atoms with Crippen LogP contribution in [0.25, 0.3) is 10.9 Å². The number of aromatic amines is 1. The second-order valence-corrected chi connectivity index (χ2v) is 8.86. The standard InChI is InChI=1S/C19H19ClN2O2S/c1-13-2-7-18-17(12-13)16-8-10-22(11-9-19(16)21-18)25(23,24)15-5-3-14(20)4-6-15/h2-7,12,21H,8-11H2,1H3. The van der Waals surface area contributed by atoms with Gasteiger partial charge in [0, 0.05) is 41.1 Å². The Labute approximate surface area is 152 Å². The molecule has 2 aromatic carbocycles. The first-order chi connectivity index (χ1) is 11.9. The minimum atomic E-state index is -3.50. The van der Waals surface area contributed by atoms with Crippen molar-refractivity contribution in [2.24, 2.45) is 0 Å². The lowest BCUT2D eigenvalue weighted by atomic mass is 10.1. The maximum absolute atomic E-state index is 12.9. The number of rotatable bonds is 2. The summed E-state index contributed by atoms with van der Waals surface area (Å²) < 4.78 is 27.4. The number of benzene rings is 2. The van der Waals surface area contributed by atoms with Crippen molar-refractivity contribution in [2.45, 2.75) is 24.7 Å². The molecule has 4 rings (SSSR count). The van der Waals surface area contributed by atoms with E-state index in [1.807, 2.05) is 0 Å². The van der Waals surface area contributed by atoms with Gasteiger partial charge in [-0.1, -0.05) is 23.2 Å². The Morgan fingerprint density at radius 3 is 2.52 bits per heavy atom. The van der Waals surface area contributed by atoms with E-state index in [2.05, 4.69) is 30.1 Å². The molecule has 0 unspecified atom stereocenters. The Morgan fingerprint density at radius 2 is 1.76 bits per heavy atom. The van der Waals surface area contributed by atoms with Crippen LogP contribution in [0.4, 0.5) is 0 Å². The first-order valence-corrected chi connectivity index (χ1v) is 10.1. The van der Waals surface area contributed by atoms with Crippen LogP contribution in [-0.4, -0.2) is 30.8 Å². The molecule has 3 aromatic rings. The Balaban J connectivity index is 1.65. The van der Waals surface area contributed by atoms with Crippen molar-refractivity contribution in [2.75, 3.05) is 13.1 Å². The lowest BCUT2D eigenvalue weighted by Gasteiger charge is -2.20. The Kier molecular flexibility index (Phi) is 4.10. The smallest absolute Gasteiger partial charge is 0.243 e. The lowest BCUT2D eigenvalue weighted by molar-refractivity contribution is 0.426. The summed E-state index contributed by atoms with van der Waals surface area (Å²) in [7, 11) is -3.50. The molecule has 0 radical (unpaired) electrons. The maximum Gasteiger partial charge on any atom is 0.243 e. The highest BCUT2D eigenvalue weighted by molar-refractivity contribution is 7.89. The fourth-order valence-electron chi connectivity index (χ4n) is 3.50. The van der Waals surface area contributed by atoms with Crippen molar-refractivity contribution in [3.8, 4) is 0 Å². The number of H-pyrrole nitrogens is 1. The number of fused-ring (bicyclic) bond motifs is 3. The van der Waals surface area contributed by atoms with Gasteiger partial charge >= 0.3 is 0 Å². The minimum absolute atomic E-state index is 0.295. The highest BCUT2D eigenvalue weighted by Gasteiger charge is 2.27. The summed E-state index contributed by atoms with van der Waals surface area (Å²) >= 11 is 5.88. The summed E-state index contributed by atoms with van der Waals surface area (Å²) in [5.74, 6) is 0. The molecular formula is C19H19ClN2O2S. The SMILES string of the molecule is Cc1ccc2[nH]c3c(c2c1)CCN(S(=O)(=O)c1ccc(Cl)cc1)CC3. The van der Waals surface area contributed by atoms with Crippen LogP contribution in [-0.2, 0) is 22.9 Å². The third kappa shape index (κ3) is 2.97. The Hall–Kier alpha value is -1.82. The maximum atomic E-state index is 12.9. The average molecular weight is 375 g/mol. The van der Waals surface area contributed by atoms with E-state index in [0.29, 0.717) is 35.8 Å². The van der Waals surface area contributed by atoms with Crippen LogP contribution in [0, 0.1) is 6.92 Å². The van der Waals surface area contributed by atoms with E-state index in [1.54, 1.807) is 28.6 Å². The molecule has 0 spiro atoms. The third-order valence-electron chi connectivity index (χ3n) is 4.82. The molecule has 130 valence electrons. The van der Waals surface area contributed by atoms with Crippen molar-refractivity contribution in [3.05, 3.63) is 64.3 Å². The monoisotopic (exact) mass is 374 g/mol. The molecule has 6 heteroatoms. The van der Waals surface area contributed by atoms with Crippen molar-refractivity contribution >= 4 is 32.5 Å². The van der Waals surface area contributed by atoms with Gasteiger partial charge in [-0.05, 0) is 55.3 Å². The molecule has 0 amide bonds. The van der Waals surface area contributed by atoms with Crippen LogP contribution in [0.15, 0.2) is 47.4 Å². The summed E-state index contributed by atoms with van der Waals surface area (Å²) in [6.45, 7) is 3.04. The van der Waals surface area contributed by atoms with Gasteiger partial charge in [0.15, 0.2) is 0 Å². The van der Waals surface area contributed by atoms with E-state index in [9.17, 15) is 8.42 Å². The van der Waals surface area contributed by atoms with E-state index in [-0.39, 0.29) is 0 Å². The van der Waals surface area contributed by atoms with Gasteiger partial charge in [0.2, 0.25) is 10.0 Å². The van der Waals surface area contributed by atoms with Gasteiger partial charge in [0.05, 0.1) is 4.90 Å². The molecule has 0 bridgehead atoms. The summed E-state index contributed by atoms with van der Waals surface area (Å²) in [4.78, 5) is 3.76. The number of aryl methyl sites for hydroxylation is 1. The second kappa shape index (κ2) is 6.16. The van der Waals surface area contributed by atoms with E-state index in [1.165, 1.54) is 16.5 Å². The van der Waals surface area contributed by atoms with Gasteiger partial charge in [-0.25, -0.2) is 8.42 Å². The molecule has 1 aliphatic heterocycles. The van der Waals surface area contributed by atoms with Crippen molar-refractivity contribution in [1.29, 1.82) is 0 Å². The first kappa shape index (κ1) is 16.6. The van der Waals surface area contributed by atoms with Crippen LogP contribution in [0.1, 0.15) is 16.8 Å². The third-order valence-corrected chi connectivity index (χ3v) is 6.99. The molecular weight excluding hydrogens is 356 g/mol. The van der Waals surface area contributed by atoms with Gasteiger partial charge in [0.25, 0.3) is 0 Å². The van der Waals surface area contributed by atoms with E-state index >= 15 is 0 Å². The number of nitrogens with zero attached hydrogens (tertiary/aromatic N) is 1. The van der Waals surface area contributed by atoms with Crippen molar-refractivity contribution in [1.82, 2.24) is 9.29 Å². The molecule has 0 aliphatic carbocycles. The number of halogens is 1. The number of aromatic nitrogens is 1. The Bertz CT molecular complexity index is 1040. The first-order valence-electron chi connectivity index (χ1n) is 8.31. The molecule has 0 atom stereocenters. The topological polar surface area (TPSA) is 53.2 Å². The summed E-state index contributed by atoms with van der Waals surface area (Å²) in [5.41, 5.74) is 4.73. The quantitative estimate of drug-likeness (QED) is 0.739.